The second-order valence-corrected chi connectivity index (χ2v) is 7.79. The number of hydrogen-bond acceptors (Lipinski definition) is 2. The minimum atomic E-state index is -4.59. The molecule has 140 valence electrons. The fraction of sp³-hybridized carbons (Fsp3) is 0.765. The van der Waals surface area contributed by atoms with Gasteiger partial charge in [0.25, 0.3) is 0 Å². The van der Waals surface area contributed by atoms with E-state index in [1.54, 1.807) is 0 Å². The van der Waals surface area contributed by atoms with Crippen molar-refractivity contribution in [2.75, 3.05) is 0 Å². The first kappa shape index (κ1) is 18.5. The Kier molecular flexibility index (Phi) is 5.06. The van der Waals surface area contributed by atoms with Crippen molar-refractivity contribution in [3.8, 4) is 0 Å². The SMILES string of the molecule is Cc1c(Cl)c(C(F)(F)F)nn1CCC(=O)N[C@H](C)[C@@H]1C[C@@H]2CC[C@@H]1C2. The van der Waals surface area contributed by atoms with Gasteiger partial charge in [0.15, 0.2) is 5.69 Å². The lowest BCUT2D eigenvalue weighted by atomic mass is 9.84. The van der Waals surface area contributed by atoms with E-state index in [-0.39, 0.29) is 30.6 Å². The van der Waals surface area contributed by atoms with Crippen molar-refractivity contribution < 1.29 is 18.0 Å². The summed E-state index contributed by atoms with van der Waals surface area (Å²) in [6.07, 6.45) is 0.501. The van der Waals surface area contributed by atoms with Gasteiger partial charge in [-0.15, -0.1) is 0 Å². The van der Waals surface area contributed by atoms with Crippen LogP contribution in [0.5, 0.6) is 0 Å². The molecule has 3 rings (SSSR count). The zero-order chi connectivity index (χ0) is 18.4. The number of carbonyl (C=O) groups excluding carboxylic acids is 1. The van der Waals surface area contributed by atoms with Crippen LogP contribution in [0, 0.1) is 24.7 Å². The molecule has 25 heavy (non-hydrogen) atoms. The molecule has 4 nitrogen and oxygen atoms in total. The molecule has 8 heteroatoms. The highest BCUT2D eigenvalue weighted by Crippen LogP contribution is 2.49. The molecule has 2 saturated carbocycles. The van der Waals surface area contributed by atoms with Crippen molar-refractivity contribution in [2.24, 2.45) is 17.8 Å². The third kappa shape index (κ3) is 3.81. The standard InChI is InChI=1S/C17H23ClF3N3O/c1-9(13-8-11-3-4-12(13)7-11)22-14(25)5-6-24-10(2)15(18)16(23-24)17(19,20)21/h9,11-13H,3-8H2,1-2H3,(H,22,25)/t9-,11-,12-,13+/m1/s1. The predicted octanol–water partition coefficient (Wildman–Crippen LogP) is 4.19. The van der Waals surface area contributed by atoms with Crippen molar-refractivity contribution in [3.05, 3.63) is 16.4 Å². The van der Waals surface area contributed by atoms with Gasteiger partial charge < -0.3 is 5.32 Å². The summed E-state index contributed by atoms with van der Waals surface area (Å²) < 4.78 is 39.6. The van der Waals surface area contributed by atoms with E-state index in [1.165, 1.54) is 32.6 Å². The maximum Gasteiger partial charge on any atom is 0.436 e. The van der Waals surface area contributed by atoms with Gasteiger partial charge in [-0.1, -0.05) is 18.0 Å². The van der Waals surface area contributed by atoms with Gasteiger partial charge in [-0.3, -0.25) is 9.48 Å². The lowest BCUT2D eigenvalue weighted by Gasteiger charge is -2.28. The van der Waals surface area contributed by atoms with Crippen molar-refractivity contribution in [2.45, 2.75) is 64.7 Å². The van der Waals surface area contributed by atoms with Crippen LogP contribution in [-0.4, -0.2) is 21.7 Å². The molecule has 1 N–H and O–H groups in total. The average molecular weight is 378 g/mol. The largest absolute Gasteiger partial charge is 0.436 e. The molecule has 1 aromatic heterocycles. The molecule has 0 unspecified atom stereocenters. The topological polar surface area (TPSA) is 46.9 Å². The van der Waals surface area contributed by atoms with E-state index in [9.17, 15) is 18.0 Å². The molecule has 4 atom stereocenters. The molecule has 1 heterocycles. The van der Waals surface area contributed by atoms with Crippen LogP contribution in [-0.2, 0) is 17.5 Å². The summed E-state index contributed by atoms with van der Waals surface area (Å²) in [7, 11) is 0. The summed E-state index contributed by atoms with van der Waals surface area (Å²) in [5, 5.41) is 6.13. The van der Waals surface area contributed by atoms with E-state index < -0.39 is 16.9 Å². The smallest absolute Gasteiger partial charge is 0.353 e. The Labute approximate surface area is 150 Å². The van der Waals surface area contributed by atoms with Crippen LogP contribution in [0.4, 0.5) is 13.2 Å². The number of halogens is 4. The number of nitrogens with zero attached hydrogens (tertiary/aromatic N) is 2. The maximum atomic E-state index is 12.8. The number of aromatic nitrogens is 2. The molecule has 1 amide bonds. The van der Waals surface area contributed by atoms with Gasteiger partial charge in [0.1, 0.15) is 0 Å². The van der Waals surface area contributed by atoms with Gasteiger partial charge in [-0.05, 0) is 50.9 Å². The first-order chi connectivity index (χ1) is 11.7. The molecule has 2 fully saturated rings. The number of alkyl halides is 3. The van der Waals surface area contributed by atoms with Crippen LogP contribution in [0.1, 0.15) is 50.4 Å². The number of fused-ring (bicyclic) bond motifs is 2. The van der Waals surface area contributed by atoms with Crippen LogP contribution in [0.15, 0.2) is 0 Å². The van der Waals surface area contributed by atoms with E-state index in [0.717, 1.165) is 10.6 Å². The molecule has 0 saturated heterocycles. The zero-order valence-electron chi connectivity index (χ0n) is 14.4. The van der Waals surface area contributed by atoms with E-state index in [1.807, 2.05) is 6.92 Å². The second-order valence-electron chi connectivity index (χ2n) is 7.41. The van der Waals surface area contributed by atoms with Gasteiger partial charge >= 0.3 is 6.18 Å². The van der Waals surface area contributed by atoms with Gasteiger partial charge in [-0.2, -0.15) is 18.3 Å². The first-order valence-corrected chi connectivity index (χ1v) is 9.14. The molecule has 0 aromatic carbocycles. The fourth-order valence-electron chi connectivity index (χ4n) is 4.47. The highest BCUT2D eigenvalue weighted by Gasteiger charge is 2.42. The van der Waals surface area contributed by atoms with E-state index >= 15 is 0 Å². The fourth-order valence-corrected chi connectivity index (χ4v) is 4.71. The Bertz CT molecular complexity index is 658. The highest BCUT2D eigenvalue weighted by molar-refractivity contribution is 6.31. The third-order valence-corrected chi connectivity index (χ3v) is 6.23. The quantitative estimate of drug-likeness (QED) is 0.836. The maximum absolute atomic E-state index is 12.8. The van der Waals surface area contributed by atoms with Crippen LogP contribution < -0.4 is 5.32 Å². The lowest BCUT2D eigenvalue weighted by Crippen LogP contribution is -2.40. The Morgan fingerprint density at radius 3 is 2.64 bits per heavy atom. The first-order valence-electron chi connectivity index (χ1n) is 8.76. The van der Waals surface area contributed by atoms with E-state index in [2.05, 4.69) is 10.4 Å². The second kappa shape index (κ2) is 6.82. The Hall–Kier alpha value is -1.24. The Morgan fingerprint density at radius 1 is 1.40 bits per heavy atom. The number of aryl methyl sites for hydroxylation is 1. The van der Waals surface area contributed by atoms with Crippen LogP contribution in [0.3, 0.4) is 0 Å². The van der Waals surface area contributed by atoms with Crippen LogP contribution >= 0.6 is 11.6 Å². The number of nitrogens with one attached hydrogen (secondary N) is 1. The third-order valence-electron chi connectivity index (χ3n) is 5.78. The highest BCUT2D eigenvalue weighted by atomic mass is 35.5. The predicted molar refractivity (Wildman–Crippen MR) is 88.1 cm³/mol. The van der Waals surface area contributed by atoms with Gasteiger partial charge in [0.05, 0.1) is 17.3 Å². The van der Waals surface area contributed by atoms with Crippen LogP contribution in [0.2, 0.25) is 5.02 Å². The minimum Gasteiger partial charge on any atom is -0.353 e. The molecule has 2 aliphatic rings. The summed E-state index contributed by atoms with van der Waals surface area (Å²) >= 11 is 5.72. The average Bonchev–Trinajstić information content (AvgIpc) is 3.21. The number of hydrogen-bond donors (Lipinski definition) is 1. The lowest BCUT2D eigenvalue weighted by molar-refractivity contribution is -0.141. The molecular weight excluding hydrogens is 355 g/mol. The normalized spacial score (nSPS) is 26.9. The van der Waals surface area contributed by atoms with Crippen molar-refractivity contribution in [1.82, 2.24) is 15.1 Å². The molecular formula is C17H23ClF3N3O. The summed E-state index contributed by atoms with van der Waals surface area (Å²) in [4.78, 5) is 12.2. The van der Waals surface area contributed by atoms with Crippen molar-refractivity contribution in [1.29, 1.82) is 0 Å². The van der Waals surface area contributed by atoms with Crippen molar-refractivity contribution >= 4 is 17.5 Å². The summed E-state index contributed by atoms with van der Waals surface area (Å²) in [6, 6.07) is 0.107. The minimum absolute atomic E-state index is 0.0803. The molecule has 2 aliphatic carbocycles. The molecule has 0 spiro atoms. The van der Waals surface area contributed by atoms with Crippen LogP contribution in [0.25, 0.3) is 0 Å². The van der Waals surface area contributed by atoms with Gasteiger partial charge in [-0.25, -0.2) is 0 Å². The number of rotatable bonds is 5. The number of amides is 1. The number of carbonyl (C=O) groups is 1. The summed E-state index contributed by atoms with van der Waals surface area (Å²) in [5.41, 5.74) is -0.870. The van der Waals surface area contributed by atoms with E-state index in [0.29, 0.717) is 11.8 Å². The van der Waals surface area contributed by atoms with E-state index in [4.69, 9.17) is 11.6 Å². The van der Waals surface area contributed by atoms with Gasteiger partial charge in [0, 0.05) is 12.5 Å². The molecule has 0 radical (unpaired) electrons. The Balaban J connectivity index is 1.54. The van der Waals surface area contributed by atoms with Gasteiger partial charge in [0.2, 0.25) is 5.91 Å². The Morgan fingerprint density at radius 2 is 2.12 bits per heavy atom. The monoisotopic (exact) mass is 377 g/mol. The molecule has 0 aliphatic heterocycles. The summed E-state index contributed by atoms with van der Waals surface area (Å²) in [6.45, 7) is 3.58. The summed E-state index contributed by atoms with van der Waals surface area (Å²) in [5.74, 6) is 1.89. The molecule has 1 aromatic rings. The zero-order valence-corrected chi connectivity index (χ0v) is 15.1. The molecule has 2 bridgehead atoms. The van der Waals surface area contributed by atoms with Crippen molar-refractivity contribution in [3.63, 3.8) is 0 Å².